The summed E-state index contributed by atoms with van der Waals surface area (Å²) < 4.78 is 15.9. The largest absolute Gasteiger partial charge is 0.478 e. The van der Waals surface area contributed by atoms with Crippen molar-refractivity contribution in [3.8, 4) is 11.1 Å². The molecule has 0 atom stereocenters. The molecule has 0 aliphatic carbocycles. The van der Waals surface area contributed by atoms with Gasteiger partial charge in [-0.2, -0.15) is 5.10 Å². The zero-order chi connectivity index (χ0) is 27.6. The van der Waals surface area contributed by atoms with Gasteiger partial charge in [-0.05, 0) is 46.3 Å². The molecule has 1 amide bonds. The third kappa shape index (κ3) is 4.92. The fourth-order valence-corrected chi connectivity index (χ4v) is 4.94. The number of rotatable bonds is 7. The number of halogens is 1. The predicted molar refractivity (Wildman–Crippen MR) is 152 cm³/mol. The lowest BCUT2D eigenvalue weighted by atomic mass is 9.99. The molecule has 0 saturated heterocycles. The maximum Gasteiger partial charge on any atom is 0.335 e. The van der Waals surface area contributed by atoms with Crippen molar-refractivity contribution in [2.45, 2.75) is 13.0 Å². The van der Waals surface area contributed by atoms with Crippen molar-refractivity contribution in [3.05, 3.63) is 143 Å². The van der Waals surface area contributed by atoms with Crippen LogP contribution in [-0.4, -0.2) is 26.6 Å². The Balaban J connectivity index is 1.37. The lowest BCUT2D eigenvalue weighted by Crippen LogP contribution is -2.23. The summed E-state index contributed by atoms with van der Waals surface area (Å²) in [5.41, 5.74) is 5.78. The lowest BCUT2D eigenvalue weighted by Gasteiger charge is -2.12. The Morgan fingerprint density at radius 2 is 1.62 bits per heavy atom. The minimum absolute atomic E-state index is 0.188. The maximum absolute atomic E-state index is 14.2. The number of nitrogens with zero attached hydrogens (tertiary/aromatic N) is 2. The van der Waals surface area contributed by atoms with Gasteiger partial charge in [0.15, 0.2) is 0 Å². The van der Waals surface area contributed by atoms with Gasteiger partial charge in [-0.15, -0.1) is 0 Å². The van der Waals surface area contributed by atoms with E-state index < -0.39 is 5.97 Å². The summed E-state index contributed by atoms with van der Waals surface area (Å²) in [5, 5.41) is 18.1. The number of aromatic carboxylic acids is 1. The van der Waals surface area contributed by atoms with Gasteiger partial charge < -0.3 is 10.4 Å². The average Bonchev–Trinajstić information content (AvgIpc) is 3.38. The third-order valence-corrected chi connectivity index (χ3v) is 6.98. The van der Waals surface area contributed by atoms with E-state index in [4.69, 9.17) is 5.11 Å². The quantitative estimate of drug-likeness (QED) is 0.247. The van der Waals surface area contributed by atoms with Gasteiger partial charge in [0.25, 0.3) is 5.91 Å². The van der Waals surface area contributed by atoms with Crippen LogP contribution in [-0.2, 0) is 13.0 Å². The van der Waals surface area contributed by atoms with Crippen molar-refractivity contribution >= 4 is 28.2 Å². The number of amides is 1. The number of hydrogen-bond donors (Lipinski definition) is 2. The molecule has 2 N–H and O–H groups in total. The highest BCUT2D eigenvalue weighted by Gasteiger charge is 2.18. The fraction of sp³-hybridized carbons (Fsp3) is 0.0606. The van der Waals surface area contributed by atoms with E-state index in [-0.39, 0.29) is 23.8 Å². The number of hydrogen-bond acceptors (Lipinski definition) is 3. The topological polar surface area (TPSA) is 83.7 Å². The van der Waals surface area contributed by atoms with Crippen molar-refractivity contribution < 1.29 is 19.1 Å². The van der Waals surface area contributed by atoms with Gasteiger partial charge in [0.05, 0.1) is 22.8 Å². The number of carboxylic acid groups (broad SMARTS) is 1. The molecule has 0 radical (unpaired) electrons. The van der Waals surface area contributed by atoms with Crippen molar-refractivity contribution in [3.63, 3.8) is 0 Å². The zero-order valence-corrected chi connectivity index (χ0v) is 21.3. The van der Waals surface area contributed by atoms with Crippen LogP contribution < -0.4 is 5.32 Å². The summed E-state index contributed by atoms with van der Waals surface area (Å²) in [7, 11) is 0. The molecule has 0 aliphatic rings. The molecule has 6 aromatic rings. The van der Waals surface area contributed by atoms with Crippen molar-refractivity contribution in [2.75, 3.05) is 0 Å². The van der Waals surface area contributed by atoms with Crippen molar-refractivity contribution in [1.82, 2.24) is 14.9 Å². The van der Waals surface area contributed by atoms with Gasteiger partial charge in [0, 0.05) is 35.7 Å². The molecule has 0 unspecified atom stereocenters. The zero-order valence-electron chi connectivity index (χ0n) is 21.3. The van der Waals surface area contributed by atoms with Crippen LogP contribution >= 0.6 is 0 Å². The minimum atomic E-state index is -1.000. The van der Waals surface area contributed by atoms with Crippen LogP contribution in [0, 0.1) is 5.82 Å². The molecule has 0 fully saturated rings. The number of carbonyl (C=O) groups is 2. The van der Waals surface area contributed by atoms with Crippen LogP contribution in [0.25, 0.3) is 27.4 Å². The van der Waals surface area contributed by atoms with Gasteiger partial charge in [-0.25, -0.2) is 13.7 Å². The molecule has 0 bridgehead atoms. The summed E-state index contributed by atoms with van der Waals surface area (Å²) in [6.45, 7) is 0.236. The highest BCUT2D eigenvalue weighted by molar-refractivity contribution is 6.02. The second-order valence-corrected chi connectivity index (χ2v) is 9.63. The van der Waals surface area contributed by atoms with Gasteiger partial charge in [-0.3, -0.25) is 4.79 Å². The molecule has 7 heteroatoms. The molecule has 196 valence electrons. The Hall–Kier alpha value is -5.30. The van der Waals surface area contributed by atoms with E-state index in [1.807, 2.05) is 60.8 Å². The molecule has 0 aliphatic heterocycles. The summed E-state index contributed by atoms with van der Waals surface area (Å²) >= 11 is 0. The molecule has 0 spiro atoms. The highest BCUT2D eigenvalue weighted by Crippen LogP contribution is 2.28. The number of fused-ring (bicyclic) bond motifs is 2. The molecular formula is C33H24FN3O3. The first kappa shape index (κ1) is 25.0. The standard InChI is InChI=1S/C33H24FN3O3/c34-30-8-4-7-25-15-22(11-14-28(25)30)16-26-19-36-37-20-27(23-5-2-1-3-6-23)17-29(31(26)37)32(38)35-18-21-9-12-24(13-10-21)33(39)40/h1-15,17,19-20H,16,18H2,(H,35,38)(H,39,40). The van der Waals surface area contributed by atoms with E-state index in [2.05, 4.69) is 10.4 Å². The number of carbonyl (C=O) groups excluding carboxylic acids is 1. The lowest BCUT2D eigenvalue weighted by molar-refractivity contribution is 0.0696. The third-order valence-electron chi connectivity index (χ3n) is 6.98. The first-order chi connectivity index (χ1) is 19.5. The maximum atomic E-state index is 14.2. The van der Waals surface area contributed by atoms with Crippen LogP contribution in [0.1, 0.15) is 37.4 Å². The first-order valence-corrected chi connectivity index (χ1v) is 12.8. The molecule has 2 aromatic heterocycles. The second-order valence-electron chi connectivity index (χ2n) is 9.63. The molecular weight excluding hydrogens is 505 g/mol. The van der Waals surface area contributed by atoms with E-state index >= 15 is 0 Å². The smallest absolute Gasteiger partial charge is 0.335 e. The van der Waals surface area contributed by atoms with Crippen LogP contribution in [0.2, 0.25) is 0 Å². The number of pyridine rings is 1. The predicted octanol–water partition coefficient (Wildman–Crippen LogP) is 6.51. The fourth-order valence-electron chi connectivity index (χ4n) is 4.94. The number of nitrogens with one attached hydrogen (secondary N) is 1. The van der Waals surface area contributed by atoms with Crippen LogP contribution in [0.4, 0.5) is 4.39 Å². The van der Waals surface area contributed by atoms with Gasteiger partial charge in [0.2, 0.25) is 0 Å². The Morgan fingerprint density at radius 1 is 0.850 bits per heavy atom. The van der Waals surface area contributed by atoms with Gasteiger partial charge in [-0.1, -0.05) is 72.8 Å². The number of benzene rings is 4. The summed E-state index contributed by atoms with van der Waals surface area (Å²) in [6, 6.07) is 28.7. The first-order valence-electron chi connectivity index (χ1n) is 12.8. The summed E-state index contributed by atoms with van der Waals surface area (Å²) in [5.74, 6) is -1.53. The Labute approximate surface area is 229 Å². The monoisotopic (exact) mass is 529 g/mol. The molecule has 40 heavy (non-hydrogen) atoms. The van der Waals surface area contributed by atoms with Crippen LogP contribution in [0.3, 0.4) is 0 Å². The molecule has 4 aromatic carbocycles. The molecule has 6 rings (SSSR count). The molecule has 2 heterocycles. The van der Waals surface area contributed by atoms with E-state index in [0.29, 0.717) is 22.9 Å². The van der Waals surface area contributed by atoms with Gasteiger partial charge in [0.1, 0.15) is 5.82 Å². The van der Waals surface area contributed by atoms with E-state index in [0.717, 1.165) is 33.2 Å². The summed E-state index contributed by atoms with van der Waals surface area (Å²) in [4.78, 5) is 24.8. The molecule has 6 nitrogen and oxygen atoms in total. The van der Waals surface area contributed by atoms with E-state index in [1.165, 1.54) is 18.2 Å². The summed E-state index contributed by atoms with van der Waals surface area (Å²) in [6.07, 6.45) is 4.18. The Kier molecular flexibility index (Phi) is 6.54. The number of carboxylic acids is 1. The van der Waals surface area contributed by atoms with Crippen molar-refractivity contribution in [1.29, 1.82) is 0 Å². The van der Waals surface area contributed by atoms with Crippen LogP contribution in [0.15, 0.2) is 109 Å². The Bertz CT molecular complexity index is 1880. The Morgan fingerprint density at radius 3 is 2.40 bits per heavy atom. The highest BCUT2D eigenvalue weighted by atomic mass is 19.1. The van der Waals surface area contributed by atoms with E-state index in [1.54, 1.807) is 35.0 Å². The normalized spacial score (nSPS) is 11.1. The number of aromatic nitrogens is 2. The van der Waals surface area contributed by atoms with Crippen LogP contribution in [0.5, 0.6) is 0 Å². The second kappa shape index (κ2) is 10.5. The SMILES string of the molecule is O=C(O)c1ccc(CNC(=O)c2cc(-c3ccccc3)cn3ncc(Cc4ccc5c(F)cccc5c4)c23)cc1. The van der Waals surface area contributed by atoms with Gasteiger partial charge >= 0.3 is 5.97 Å². The van der Waals surface area contributed by atoms with E-state index in [9.17, 15) is 14.0 Å². The molecule has 0 saturated carbocycles. The minimum Gasteiger partial charge on any atom is -0.478 e. The van der Waals surface area contributed by atoms with Crippen molar-refractivity contribution in [2.24, 2.45) is 0 Å². The average molecular weight is 530 g/mol.